The summed E-state index contributed by atoms with van der Waals surface area (Å²) in [6.07, 6.45) is 0. The molecule has 0 saturated carbocycles. The molecule has 2 heterocycles. The van der Waals surface area contributed by atoms with Crippen molar-refractivity contribution in [2.24, 2.45) is 0 Å². The molecule has 218 valence electrons. The Labute approximate surface area is 277 Å². The van der Waals surface area contributed by atoms with Crippen LogP contribution >= 0.6 is 15.9 Å². The average Bonchev–Trinajstić information content (AvgIpc) is 3.12. The molecule has 7 aromatic rings. The number of anilines is 3. The Bertz CT molecular complexity index is 2200. The van der Waals surface area contributed by atoms with Crippen molar-refractivity contribution < 1.29 is 4.74 Å². The molecule has 1 spiro atoms. The van der Waals surface area contributed by atoms with E-state index in [2.05, 4.69) is 191 Å². The lowest BCUT2D eigenvalue weighted by Crippen LogP contribution is -2.39. The predicted octanol–water partition coefficient (Wildman–Crippen LogP) is 12.1. The topological polar surface area (TPSA) is 12.5 Å². The maximum absolute atomic E-state index is 6.62. The zero-order valence-electron chi connectivity index (χ0n) is 24.9. The van der Waals surface area contributed by atoms with Crippen molar-refractivity contribution in [2.45, 2.75) is 5.41 Å². The van der Waals surface area contributed by atoms with Crippen molar-refractivity contribution >= 4 is 33.0 Å². The average molecular weight is 655 g/mol. The van der Waals surface area contributed by atoms with Crippen LogP contribution in [0.2, 0.25) is 0 Å². The first kappa shape index (κ1) is 27.0. The van der Waals surface area contributed by atoms with Crippen LogP contribution in [0.1, 0.15) is 22.3 Å². The van der Waals surface area contributed by atoms with Gasteiger partial charge in [0.05, 0.1) is 16.8 Å². The van der Waals surface area contributed by atoms with E-state index in [1.54, 1.807) is 0 Å². The van der Waals surface area contributed by atoms with Crippen molar-refractivity contribution in [1.82, 2.24) is 0 Å². The van der Waals surface area contributed by atoms with Gasteiger partial charge in [0, 0.05) is 21.3 Å². The molecule has 2 aliphatic heterocycles. The van der Waals surface area contributed by atoms with E-state index >= 15 is 0 Å². The minimum Gasteiger partial charge on any atom is -0.457 e. The predicted molar refractivity (Wildman–Crippen MR) is 192 cm³/mol. The molecule has 0 amide bonds. The summed E-state index contributed by atoms with van der Waals surface area (Å²) in [4.78, 5) is 2.42. The molecule has 2 aliphatic rings. The summed E-state index contributed by atoms with van der Waals surface area (Å²) in [5, 5.41) is 0. The van der Waals surface area contributed by atoms with Crippen LogP contribution in [0.15, 0.2) is 174 Å². The van der Waals surface area contributed by atoms with Gasteiger partial charge in [0.1, 0.15) is 11.5 Å². The maximum Gasteiger partial charge on any atom is 0.132 e. The second kappa shape index (κ2) is 10.6. The third kappa shape index (κ3) is 4.02. The number of nitrogens with zero attached hydrogens (tertiary/aromatic N) is 1. The fraction of sp³-hybridized carbons (Fsp3) is 0.0233. The van der Waals surface area contributed by atoms with Crippen molar-refractivity contribution in [3.05, 3.63) is 197 Å². The molecular formula is C43H28BrNO. The van der Waals surface area contributed by atoms with Crippen LogP contribution in [0, 0.1) is 0 Å². The Morgan fingerprint density at radius 1 is 0.413 bits per heavy atom. The quantitative estimate of drug-likeness (QED) is 0.188. The molecule has 0 unspecified atom stereocenters. The Morgan fingerprint density at radius 2 is 0.891 bits per heavy atom. The van der Waals surface area contributed by atoms with Crippen LogP contribution in [0.4, 0.5) is 17.1 Å². The van der Waals surface area contributed by atoms with E-state index in [0.29, 0.717) is 0 Å². The van der Waals surface area contributed by atoms with Crippen molar-refractivity contribution in [3.8, 4) is 33.8 Å². The number of rotatable bonds is 3. The van der Waals surface area contributed by atoms with E-state index < -0.39 is 5.41 Å². The Balaban J connectivity index is 1.37. The third-order valence-electron chi connectivity index (χ3n) is 9.39. The Kier molecular flexibility index (Phi) is 6.22. The van der Waals surface area contributed by atoms with Crippen LogP contribution in [0.3, 0.4) is 0 Å². The number of hydrogen-bond donors (Lipinski definition) is 0. The van der Waals surface area contributed by atoms with E-state index in [4.69, 9.17) is 4.74 Å². The molecule has 7 aromatic carbocycles. The molecule has 0 aromatic heterocycles. The largest absolute Gasteiger partial charge is 0.457 e. The van der Waals surface area contributed by atoms with Gasteiger partial charge in [0.2, 0.25) is 0 Å². The van der Waals surface area contributed by atoms with E-state index in [-0.39, 0.29) is 0 Å². The van der Waals surface area contributed by atoms with E-state index in [1.807, 2.05) is 0 Å². The summed E-state index contributed by atoms with van der Waals surface area (Å²) < 4.78 is 7.66. The number of ether oxygens (including phenoxy) is 1. The van der Waals surface area contributed by atoms with Crippen molar-refractivity contribution in [2.75, 3.05) is 4.90 Å². The molecule has 0 bridgehead atoms. The number of fused-ring (bicyclic) bond motifs is 8. The smallest absolute Gasteiger partial charge is 0.132 e. The van der Waals surface area contributed by atoms with Gasteiger partial charge in [-0.25, -0.2) is 0 Å². The Hall–Kier alpha value is -5.38. The van der Waals surface area contributed by atoms with Crippen LogP contribution < -0.4 is 9.64 Å². The molecular weight excluding hydrogens is 626 g/mol. The molecule has 0 radical (unpaired) electrons. The second-order valence-electron chi connectivity index (χ2n) is 11.9. The molecule has 0 atom stereocenters. The minimum absolute atomic E-state index is 0.620. The lowest BCUT2D eigenvalue weighted by Gasteiger charge is -2.48. The zero-order valence-corrected chi connectivity index (χ0v) is 26.5. The van der Waals surface area contributed by atoms with Gasteiger partial charge in [-0.2, -0.15) is 0 Å². The fourth-order valence-corrected chi connectivity index (χ4v) is 7.77. The van der Waals surface area contributed by atoms with Gasteiger partial charge < -0.3 is 9.64 Å². The molecule has 9 rings (SSSR count). The third-order valence-corrected chi connectivity index (χ3v) is 9.88. The zero-order chi connectivity index (χ0) is 30.7. The van der Waals surface area contributed by atoms with Crippen molar-refractivity contribution in [1.29, 1.82) is 0 Å². The summed E-state index contributed by atoms with van der Waals surface area (Å²) in [5.41, 5.74) is 12.2. The molecule has 46 heavy (non-hydrogen) atoms. The normalized spacial score (nSPS) is 13.6. The SMILES string of the molecule is Brc1ccc2c(c1)C1(c3ccccc3Oc3ccccc31)c1cc(-c3ccccc3)ccc1N2c1ccc(-c2ccccc2)cc1. The molecule has 2 nitrogen and oxygen atoms in total. The lowest BCUT2D eigenvalue weighted by molar-refractivity contribution is 0.434. The van der Waals surface area contributed by atoms with Gasteiger partial charge in [-0.1, -0.05) is 131 Å². The standard InChI is InChI=1S/C43H28BrNO/c44-33-22-26-40-38(28-33)43(35-15-7-9-17-41(35)46-42-18-10-8-16-36(42)43)37-27-32(30-13-5-2-6-14-30)21-25-39(37)45(40)34-23-19-31(20-24-34)29-11-3-1-4-12-29/h1-28H. The summed E-state index contributed by atoms with van der Waals surface area (Å²) in [6.45, 7) is 0. The first-order valence-corrected chi connectivity index (χ1v) is 16.3. The Morgan fingerprint density at radius 3 is 1.52 bits per heavy atom. The number of halogens is 1. The first-order valence-electron chi connectivity index (χ1n) is 15.5. The summed E-state index contributed by atoms with van der Waals surface area (Å²) >= 11 is 3.87. The molecule has 0 N–H and O–H groups in total. The molecule has 0 aliphatic carbocycles. The highest BCUT2D eigenvalue weighted by molar-refractivity contribution is 9.10. The van der Waals surface area contributed by atoms with Crippen LogP contribution in [0.25, 0.3) is 22.3 Å². The number of benzene rings is 7. The highest BCUT2D eigenvalue weighted by Crippen LogP contribution is 2.63. The lowest BCUT2D eigenvalue weighted by atomic mass is 9.61. The van der Waals surface area contributed by atoms with E-state index in [0.717, 1.165) is 44.2 Å². The molecule has 0 fully saturated rings. The monoisotopic (exact) mass is 653 g/mol. The van der Waals surface area contributed by atoms with Crippen LogP contribution in [-0.2, 0) is 5.41 Å². The van der Waals surface area contributed by atoms with Crippen molar-refractivity contribution in [3.63, 3.8) is 0 Å². The van der Waals surface area contributed by atoms with E-state index in [9.17, 15) is 0 Å². The summed E-state index contributed by atoms with van der Waals surface area (Å²) in [6, 6.07) is 60.9. The summed E-state index contributed by atoms with van der Waals surface area (Å²) in [7, 11) is 0. The molecule has 0 saturated heterocycles. The highest BCUT2D eigenvalue weighted by Gasteiger charge is 2.51. The first-order chi connectivity index (χ1) is 22.7. The van der Waals surface area contributed by atoms with Gasteiger partial charge in [-0.15, -0.1) is 0 Å². The summed E-state index contributed by atoms with van der Waals surface area (Å²) in [5.74, 6) is 1.76. The minimum atomic E-state index is -0.620. The van der Waals surface area contributed by atoms with Crippen LogP contribution in [0.5, 0.6) is 11.5 Å². The fourth-order valence-electron chi connectivity index (χ4n) is 7.41. The van der Waals surface area contributed by atoms with Gasteiger partial charge >= 0.3 is 0 Å². The molecule has 3 heteroatoms. The van der Waals surface area contributed by atoms with Gasteiger partial charge in [0.25, 0.3) is 0 Å². The van der Waals surface area contributed by atoms with Crippen LogP contribution in [-0.4, -0.2) is 0 Å². The van der Waals surface area contributed by atoms with E-state index in [1.165, 1.54) is 33.4 Å². The number of hydrogen-bond acceptors (Lipinski definition) is 2. The van der Waals surface area contributed by atoms with Gasteiger partial charge in [-0.05, 0) is 88.0 Å². The van der Waals surface area contributed by atoms with Gasteiger partial charge in [-0.3, -0.25) is 0 Å². The van der Waals surface area contributed by atoms with Gasteiger partial charge in [0.15, 0.2) is 0 Å². The second-order valence-corrected chi connectivity index (χ2v) is 12.8. The highest BCUT2D eigenvalue weighted by atomic mass is 79.9. The maximum atomic E-state index is 6.62. The number of para-hydroxylation sites is 2.